The van der Waals surface area contributed by atoms with Gasteiger partial charge in [-0.05, 0) is 25.9 Å². The predicted molar refractivity (Wildman–Crippen MR) is 434 cm³/mol. The van der Waals surface area contributed by atoms with Gasteiger partial charge in [0.1, 0.15) is 44.5 Å². The Balaban J connectivity index is 0.000000787. The SMILES string of the molecule is CC(C)(C)C(=O)CCC(C(=O)O)N1CCN(COC=O)CCN(CC(=O)O)CCN(CC(=O)O)CC1.CCC(C)(C)C(=O)CN1CCN(COC=O)CCN(CC(=O)O)CC1.CCN1CCN(COC=O)CCN(C(CCC(=O)C(C)(C)C)OC=O)CC1.CCN1CCN(COC=O)CCN(CC(=O)C(C)(C)C)CCN(CC(=O)O)CC1. The van der Waals surface area contributed by atoms with Crippen LogP contribution in [0.1, 0.15) is 129 Å². The molecule has 0 saturated carbocycles. The van der Waals surface area contributed by atoms with Gasteiger partial charge in [0, 0.05) is 224 Å². The van der Waals surface area contributed by atoms with E-state index < -0.39 is 58.4 Å². The first-order valence-electron chi connectivity index (χ1n) is 40.8. The van der Waals surface area contributed by atoms with Crippen molar-refractivity contribution in [2.45, 2.75) is 141 Å². The largest absolute Gasteiger partial charge is 0.480 e. The van der Waals surface area contributed by atoms with Gasteiger partial charge in [0.15, 0.2) is 17.8 Å². The van der Waals surface area contributed by atoms with Crippen LogP contribution < -0.4 is 0 Å². The standard InChI is InChI=1S/C23H40N4O9.C20H38N4O5.C19H35N3O5.C17H31N3O5/c1-23(2,3)19(29)5-4-18(22(34)35)27-12-10-25(15-21(32)33)7-6-24(14-20(30)31)8-9-26(11-13-27)16-36-17-28;1-5-21-6-8-23(15-19(27)28)10-9-22(14-18(26)20(2,3)4)11-13-24(12-7-21)16-29-17-25;1-5-20-8-9-21(14-26-15-23)11-13-22(12-10-20)18(27-16-24)7-6-17(25)19(2,3)4;1-4-17(2,3)15(22)11-18-5-6-19(12-16(23)24)8-10-20(9-7-18)13-25-14-21/h17-18H,4-16H2,1-3H3,(H,30,31)(H,32,33)(H,34,35);17H,5-16H2,1-4H3,(H,27,28);15-16,18H,5-14H2,1-4H3;14H,4-13H2,1-3H3,(H,23,24). The van der Waals surface area contributed by atoms with E-state index >= 15 is 0 Å². The molecule has 2 unspecified atom stereocenters. The van der Waals surface area contributed by atoms with E-state index in [0.717, 1.165) is 65.3 Å². The van der Waals surface area contributed by atoms with Gasteiger partial charge in [0.25, 0.3) is 32.4 Å². The average Bonchev–Trinajstić information content (AvgIpc) is 1.56. The lowest BCUT2D eigenvalue weighted by Gasteiger charge is -2.35. The minimum atomic E-state index is -1.07. The zero-order valence-corrected chi connectivity index (χ0v) is 72.6. The second kappa shape index (κ2) is 58.7. The van der Waals surface area contributed by atoms with Gasteiger partial charge >= 0.3 is 29.8 Å². The van der Waals surface area contributed by atoms with Crippen LogP contribution in [0, 0.1) is 21.7 Å². The molecule has 0 aromatic carbocycles. The molecule has 38 nitrogen and oxygen atoms in total. The maximum Gasteiger partial charge on any atom is 0.320 e. The first-order valence-corrected chi connectivity index (χ1v) is 40.8. The molecule has 4 saturated heterocycles. The van der Waals surface area contributed by atoms with Crippen LogP contribution in [0.3, 0.4) is 0 Å². The number of hydrogen-bond donors (Lipinski definition) is 5. The van der Waals surface area contributed by atoms with Crippen LogP contribution in [0.4, 0.5) is 0 Å². The molecule has 4 rings (SSSR count). The molecule has 0 spiro atoms. The molecule has 674 valence electrons. The van der Waals surface area contributed by atoms with Crippen LogP contribution in [0.2, 0.25) is 0 Å². The number of nitrogens with zero attached hydrogens (tertiary/aromatic N) is 14. The van der Waals surface area contributed by atoms with Gasteiger partial charge in [-0.3, -0.25) is 126 Å². The Kier molecular flexibility index (Phi) is 54.1. The van der Waals surface area contributed by atoms with Gasteiger partial charge in [-0.2, -0.15) is 0 Å². The number of ketones is 4. The topological polar surface area (TPSA) is 432 Å². The molecule has 0 aromatic rings. The summed E-state index contributed by atoms with van der Waals surface area (Å²) in [6.45, 7) is 47.7. The molecule has 0 aliphatic carbocycles. The van der Waals surface area contributed by atoms with Crippen LogP contribution in [0.25, 0.3) is 0 Å². The van der Waals surface area contributed by atoms with E-state index in [1.54, 1.807) is 40.4 Å². The second-order valence-electron chi connectivity index (χ2n) is 33.5. The Bertz CT molecular complexity index is 2960. The fourth-order valence-corrected chi connectivity index (χ4v) is 12.7. The van der Waals surface area contributed by atoms with E-state index in [2.05, 4.69) is 48.1 Å². The summed E-state index contributed by atoms with van der Waals surface area (Å²) >= 11 is 0. The molecule has 0 amide bonds. The van der Waals surface area contributed by atoms with Crippen molar-refractivity contribution in [3.05, 3.63) is 0 Å². The highest BCUT2D eigenvalue weighted by atomic mass is 16.6. The number of carboxylic acid groups (broad SMARTS) is 5. The number of likely N-dealkylation sites (N-methyl/N-ethyl adjacent to an activating group) is 2. The fourth-order valence-electron chi connectivity index (χ4n) is 12.7. The van der Waals surface area contributed by atoms with Gasteiger partial charge in [-0.15, -0.1) is 0 Å². The van der Waals surface area contributed by atoms with Crippen molar-refractivity contribution in [1.82, 2.24) is 68.6 Å². The van der Waals surface area contributed by atoms with Crippen molar-refractivity contribution in [2.24, 2.45) is 21.7 Å². The van der Waals surface area contributed by atoms with E-state index in [1.165, 1.54) is 0 Å². The molecule has 5 N–H and O–H groups in total. The number of carbonyl (C=O) groups is 14. The number of Topliss-reactive ketones (excluding diaryl/α,β-unsaturated/α-hetero) is 4. The molecule has 0 aromatic heterocycles. The van der Waals surface area contributed by atoms with E-state index in [0.29, 0.717) is 170 Å². The van der Waals surface area contributed by atoms with Gasteiger partial charge in [-0.1, -0.05) is 96.9 Å². The summed E-state index contributed by atoms with van der Waals surface area (Å²) in [5, 5.41) is 46.8. The highest BCUT2D eigenvalue weighted by molar-refractivity contribution is 5.86. The van der Waals surface area contributed by atoms with E-state index in [4.69, 9.17) is 28.8 Å². The zero-order valence-electron chi connectivity index (χ0n) is 72.6. The lowest BCUT2D eigenvalue weighted by Crippen LogP contribution is -2.51. The summed E-state index contributed by atoms with van der Waals surface area (Å²) in [6, 6.07) is -0.955. The number of ether oxygens (including phenoxy) is 5. The van der Waals surface area contributed by atoms with Crippen molar-refractivity contribution in [1.29, 1.82) is 0 Å². The fraction of sp³-hybridized carbons (Fsp3) is 0.823. The number of carbonyl (C=O) groups excluding carboxylic acids is 9. The second-order valence-corrected chi connectivity index (χ2v) is 33.5. The molecule has 117 heavy (non-hydrogen) atoms. The van der Waals surface area contributed by atoms with Crippen molar-refractivity contribution < 1.29 is 116 Å². The maximum atomic E-state index is 12.6. The Hall–Kier alpha value is -7.18. The third kappa shape index (κ3) is 49.2. The number of carboxylic acids is 5. The Morgan fingerprint density at radius 2 is 0.538 bits per heavy atom. The molecule has 0 radical (unpaired) electrons. The minimum absolute atomic E-state index is 0.00207. The van der Waals surface area contributed by atoms with Gasteiger partial charge in [0.2, 0.25) is 0 Å². The van der Waals surface area contributed by atoms with Crippen LogP contribution >= 0.6 is 0 Å². The van der Waals surface area contributed by atoms with Crippen LogP contribution in [0.5, 0.6) is 0 Å². The minimum Gasteiger partial charge on any atom is -0.480 e. The average molecular weight is 1670 g/mol. The van der Waals surface area contributed by atoms with Crippen LogP contribution in [0.15, 0.2) is 0 Å². The quantitative estimate of drug-likeness (QED) is 0.0413. The monoisotopic (exact) mass is 1670 g/mol. The third-order valence-corrected chi connectivity index (χ3v) is 21.3. The van der Waals surface area contributed by atoms with Crippen molar-refractivity contribution in [2.75, 3.05) is 263 Å². The first-order chi connectivity index (χ1) is 55.1. The molecule has 4 aliphatic rings. The maximum absolute atomic E-state index is 12.6. The van der Waals surface area contributed by atoms with Crippen LogP contribution in [-0.2, 0) is 90.8 Å². The lowest BCUT2D eigenvalue weighted by atomic mass is 9.85. The molecule has 4 heterocycles. The highest BCUT2D eigenvalue weighted by Gasteiger charge is 2.34. The Morgan fingerprint density at radius 1 is 0.299 bits per heavy atom. The number of aliphatic carboxylic acids is 5. The van der Waals surface area contributed by atoms with E-state index in [9.17, 15) is 87.5 Å². The third-order valence-electron chi connectivity index (χ3n) is 21.3. The molecule has 2 atom stereocenters. The van der Waals surface area contributed by atoms with Gasteiger partial charge < -0.3 is 59.0 Å². The zero-order chi connectivity index (χ0) is 88.3. The van der Waals surface area contributed by atoms with Gasteiger partial charge in [-0.25, -0.2) is 0 Å². The summed E-state index contributed by atoms with van der Waals surface area (Å²) in [6.07, 6.45) is 1.41. The molecule has 0 bridgehead atoms. The Labute approximate surface area is 693 Å². The summed E-state index contributed by atoms with van der Waals surface area (Å²) in [5.74, 6) is -4.38. The van der Waals surface area contributed by atoms with E-state index in [1.807, 2.05) is 77.0 Å². The van der Waals surface area contributed by atoms with Crippen molar-refractivity contribution in [3.63, 3.8) is 0 Å². The van der Waals surface area contributed by atoms with E-state index in [-0.39, 0.29) is 121 Å². The van der Waals surface area contributed by atoms with Crippen molar-refractivity contribution in [3.8, 4) is 0 Å². The molecular formula is C79H144N14O24. The molecular weight excluding hydrogens is 1530 g/mol. The van der Waals surface area contributed by atoms with Crippen molar-refractivity contribution >= 4 is 85.3 Å². The Morgan fingerprint density at radius 3 is 0.795 bits per heavy atom. The van der Waals surface area contributed by atoms with Crippen LogP contribution in [-0.4, -0.2) is 454 Å². The van der Waals surface area contributed by atoms with Gasteiger partial charge in [0.05, 0.1) is 39.3 Å². The molecule has 4 fully saturated rings. The molecule has 4 aliphatic heterocycles. The summed E-state index contributed by atoms with van der Waals surface area (Å²) in [5.41, 5.74) is -1.78. The first kappa shape index (κ1) is 108. The highest BCUT2D eigenvalue weighted by Crippen LogP contribution is 2.24. The normalized spacial score (nSPS) is 19.3. The summed E-state index contributed by atoms with van der Waals surface area (Å²) in [4.78, 5) is 188. The number of hydrogen-bond acceptors (Lipinski definition) is 33. The summed E-state index contributed by atoms with van der Waals surface area (Å²) in [7, 11) is 0. The smallest absolute Gasteiger partial charge is 0.320 e. The molecule has 38 heteroatoms. The summed E-state index contributed by atoms with van der Waals surface area (Å²) < 4.78 is 24.9. The number of rotatable bonds is 39. The predicted octanol–water partition coefficient (Wildman–Crippen LogP) is 0.492. The lowest BCUT2D eigenvalue weighted by molar-refractivity contribution is -0.147.